The van der Waals surface area contributed by atoms with Crippen LogP contribution < -0.4 is 14.8 Å². The van der Waals surface area contributed by atoms with E-state index in [9.17, 15) is 14.0 Å². The van der Waals surface area contributed by atoms with Crippen molar-refractivity contribution in [1.82, 2.24) is 10.2 Å². The lowest BCUT2D eigenvalue weighted by Crippen LogP contribution is -2.45. The standard InChI is InChI=1S/C20H19FN2O4S/c1-26-15-8-7-13-16(17(15)27-2)19(25)23-14(10-28-20(13)23)18(24)22-9-11-3-5-12(21)6-4-11/h3-8,14,20H,9-10H2,1-2H3,(H,22,24)/t14-,20-/m0/s1. The summed E-state index contributed by atoms with van der Waals surface area (Å²) in [6.45, 7) is 0.275. The molecule has 1 N–H and O–H groups in total. The lowest BCUT2D eigenvalue weighted by molar-refractivity contribution is -0.124. The van der Waals surface area contributed by atoms with E-state index in [2.05, 4.69) is 5.32 Å². The third-order valence-corrected chi connectivity index (χ3v) is 6.28. The number of hydrogen-bond acceptors (Lipinski definition) is 5. The molecule has 0 radical (unpaired) electrons. The van der Waals surface area contributed by atoms with Crippen molar-refractivity contribution < 1.29 is 23.5 Å². The van der Waals surface area contributed by atoms with Crippen LogP contribution in [0, 0.1) is 5.82 Å². The van der Waals surface area contributed by atoms with Crippen LogP contribution in [0.4, 0.5) is 4.39 Å². The summed E-state index contributed by atoms with van der Waals surface area (Å²) in [4.78, 5) is 27.5. The quantitative estimate of drug-likeness (QED) is 0.833. The molecule has 0 aromatic heterocycles. The Labute approximate surface area is 166 Å². The minimum Gasteiger partial charge on any atom is -0.493 e. The molecule has 6 nitrogen and oxygen atoms in total. The van der Waals surface area contributed by atoms with E-state index in [0.717, 1.165) is 11.1 Å². The smallest absolute Gasteiger partial charge is 0.260 e. The van der Waals surface area contributed by atoms with Gasteiger partial charge in [0.2, 0.25) is 5.91 Å². The van der Waals surface area contributed by atoms with Crippen LogP contribution in [0.5, 0.6) is 11.5 Å². The van der Waals surface area contributed by atoms with Gasteiger partial charge in [-0.25, -0.2) is 4.39 Å². The van der Waals surface area contributed by atoms with Gasteiger partial charge in [-0.2, -0.15) is 0 Å². The van der Waals surface area contributed by atoms with E-state index in [0.29, 0.717) is 22.8 Å². The average Bonchev–Trinajstić information content (AvgIpc) is 3.26. The Kier molecular flexibility index (Phi) is 4.89. The number of nitrogens with one attached hydrogen (secondary N) is 1. The fourth-order valence-electron chi connectivity index (χ4n) is 3.60. The first-order chi connectivity index (χ1) is 13.5. The van der Waals surface area contributed by atoms with Gasteiger partial charge in [0.25, 0.3) is 5.91 Å². The molecule has 146 valence electrons. The Hall–Kier alpha value is -2.74. The van der Waals surface area contributed by atoms with E-state index >= 15 is 0 Å². The van der Waals surface area contributed by atoms with Crippen LogP contribution in [0.2, 0.25) is 0 Å². The lowest BCUT2D eigenvalue weighted by atomic mass is 10.1. The fraction of sp³-hybridized carbons (Fsp3) is 0.300. The van der Waals surface area contributed by atoms with Gasteiger partial charge in [0, 0.05) is 17.9 Å². The Morgan fingerprint density at radius 3 is 2.64 bits per heavy atom. The number of carbonyl (C=O) groups excluding carboxylic acids is 2. The van der Waals surface area contributed by atoms with E-state index in [1.54, 1.807) is 34.9 Å². The van der Waals surface area contributed by atoms with Crippen LogP contribution in [-0.2, 0) is 11.3 Å². The van der Waals surface area contributed by atoms with Gasteiger partial charge in [0.15, 0.2) is 11.5 Å². The predicted molar refractivity (Wildman–Crippen MR) is 103 cm³/mol. The van der Waals surface area contributed by atoms with Gasteiger partial charge in [-0.05, 0) is 23.8 Å². The molecule has 4 rings (SSSR count). The molecule has 2 aromatic carbocycles. The third kappa shape index (κ3) is 2.97. The van der Waals surface area contributed by atoms with Crippen LogP contribution in [-0.4, -0.2) is 42.7 Å². The predicted octanol–water partition coefficient (Wildman–Crippen LogP) is 2.73. The number of methoxy groups -OCH3 is 2. The van der Waals surface area contributed by atoms with Crippen molar-refractivity contribution >= 4 is 23.6 Å². The molecule has 2 aliphatic rings. The first-order valence-electron chi connectivity index (χ1n) is 8.76. The molecule has 1 saturated heterocycles. The van der Waals surface area contributed by atoms with Gasteiger partial charge in [-0.15, -0.1) is 11.8 Å². The molecule has 0 spiro atoms. The molecule has 2 aliphatic heterocycles. The first kappa shape index (κ1) is 18.6. The van der Waals surface area contributed by atoms with Crippen LogP contribution in [0.15, 0.2) is 36.4 Å². The summed E-state index contributed by atoms with van der Waals surface area (Å²) in [7, 11) is 3.01. The first-order valence-corrected chi connectivity index (χ1v) is 9.81. The van der Waals surface area contributed by atoms with Crippen molar-refractivity contribution in [2.75, 3.05) is 20.0 Å². The van der Waals surface area contributed by atoms with Crippen molar-refractivity contribution in [1.29, 1.82) is 0 Å². The number of ether oxygens (including phenoxy) is 2. The summed E-state index contributed by atoms with van der Waals surface area (Å²) in [5.41, 5.74) is 2.08. The largest absolute Gasteiger partial charge is 0.493 e. The highest BCUT2D eigenvalue weighted by atomic mass is 32.2. The second kappa shape index (κ2) is 7.35. The summed E-state index contributed by atoms with van der Waals surface area (Å²) < 4.78 is 23.7. The number of benzene rings is 2. The Morgan fingerprint density at radius 1 is 1.21 bits per heavy atom. The number of amides is 2. The van der Waals surface area contributed by atoms with Gasteiger partial charge in [-0.3, -0.25) is 9.59 Å². The SMILES string of the molecule is COc1ccc2c(c1OC)C(=O)N1[C@H](C(=O)NCc3ccc(F)cc3)CS[C@@H]21. The van der Waals surface area contributed by atoms with Gasteiger partial charge in [0.05, 0.1) is 19.8 Å². The minimum atomic E-state index is -0.578. The van der Waals surface area contributed by atoms with E-state index in [-0.39, 0.29) is 29.6 Å². The monoisotopic (exact) mass is 402 g/mol. The highest BCUT2D eigenvalue weighted by Crippen LogP contribution is 2.52. The maximum atomic E-state index is 13.1. The fourth-order valence-corrected chi connectivity index (χ4v) is 5.06. The van der Waals surface area contributed by atoms with Crippen molar-refractivity contribution in [2.45, 2.75) is 18.0 Å². The van der Waals surface area contributed by atoms with Crippen LogP contribution in [0.3, 0.4) is 0 Å². The molecule has 2 aromatic rings. The number of halogens is 1. The maximum Gasteiger partial charge on any atom is 0.260 e. The molecule has 0 saturated carbocycles. The van der Waals surface area contributed by atoms with Crippen molar-refractivity contribution in [3.8, 4) is 11.5 Å². The van der Waals surface area contributed by atoms with Crippen LogP contribution in [0.25, 0.3) is 0 Å². The van der Waals surface area contributed by atoms with E-state index < -0.39 is 6.04 Å². The maximum absolute atomic E-state index is 13.1. The molecule has 0 aliphatic carbocycles. The molecule has 28 heavy (non-hydrogen) atoms. The number of fused-ring (bicyclic) bond motifs is 3. The molecule has 2 amide bonds. The molecule has 2 atom stereocenters. The van der Waals surface area contributed by atoms with Crippen molar-refractivity contribution in [3.05, 3.63) is 58.9 Å². The summed E-state index contributed by atoms with van der Waals surface area (Å²) in [6, 6.07) is 8.99. The van der Waals surface area contributed by atoms with E-state index in [1.165, 1.54) is 26.4 Å². The summed E-state index contributed by atoms with van der Waals surface area (Å²) >= 11 is 1.55. The summed E-state index contributed by atoms with van der Waals surface area (Å²) in [5.74, 6) is 0.604. The summed E-state index contributed by atoms with van der Waals surface area (Å²) in [5, 5.41) is 2.63. The lowest BCUT2D eigenvalue weighted by Gasteiger charge is -2.22. The van der Waals surface area contributed by atoms with Crippen molar-refractivity contribution in [2.24, 2.45) is 0 Å². The molecule has 1 fully saturated rings. The topological polar surface area (TPSA) is 67.9 Å². The molecule has 8 heteroatoms. The zero-order chi connectivity index (χ0) is 19.8. The number of rotatable bonds is 5. The number of hydrogen-bond donors (Lipinski definition) is 1. The van der Waals surface area contributed by atoms with E-state index in [1.807, 2.05) is 6.07 Å². The Bertz CT molecular complexity index is 935. The zero-order valence-corrected chi connectivity index (χ0v) is 16.2. The van der Waals surface area contributed by atoms with E-state index in [4.69, 9.17) is 9.47 Å². The minimum absolute atomic E-state index is 0.219. The molecule has 0 unspecified atom stereocenters. The third-order valence-electron chi connectivity index (χ3n) is 4.98. The average molecular weight is 402 g/mol. The van der Waals surface area contributed by atoms with Gasteiger partial charge < -0.3 is 19.7 Å². The number of nitrogens with zero attached hydrogens (tertiary/aromatic N) is 1. The molecular formula is C20H19FN2O4S. The highest BCUT2D eigenvalue weighted by Gasteiger charge is 2.50. The van der Waals surface area contributed by atoms with Crippen LogP contribution in [0.1, 0.15) is 26.9 Å². The molecular weight excluding hydrogens is 383 g/mol. The van der Waals surface area contributed by atoms with Gasteiger partial charge in [0.1, 0.15) is 17.2 Å². The van der Waals surface area contributed by atoms with Crippen molar-refractivity contribution in [3.63, 3.8) is 0 Å². The molecule has 0 bridgehead atoms. The summed E-state index contributed by atoms with van der Waals surface area (Å²) in [6.07, 6.45) is 0. The number of carbonyl (C=O) groups is 2. The Morgan fingerprint density at radius 2 is 1.96 bits per heavy atom. The molecule has 2 heterocycles. The number of thioether (sulfide) groups is 1. The van der Waals surface area contributed by atoms with Crippen LogP contribution >= 0.6 is 11.8 Å². The van der Waals surface area contributed by atoms with Gasteiger partial charge >= 0.3 is 0 Å². The van der Waals surface area contributed by atoms with Gasteiger partial charge in [-0.1, -0.05) is 18.2 Å². The highest BCUT2D eigenvalue weighted by molar-refractivity contribution is 7.99. The normalized spacial score (nSPS) is 20.0. The zero-order valence-electron chi connectivity index (χ0n) is 15.4. The Balaban J connectivity index is 1.54. The second-order valence-corrected chi connectivity index (χ2v) is 7.64. The second-order valence-electron chi connectivity index (χ2n) is 6.52.